The number of aryl methyl sites for hydroxylation is 3. The second-order valence-corrected chi connectivity index (χ2v) is 7.74. The Morgan fingerprint density at radius 2 is 2.06 bits per heavy atom. The molecule has 4 aromatic heterocycles. The molecule has 0 unspecified atom stereocenters. The first-order chi connectivity index (χ1) is 15.2. The van der Waals surface area contributed by atoms with Gasteiger partial charge in [0, 0.05) is 47.5 Å². The van der Waals surface area contributed by atoms with Gasteiger partial charge in [0.1, 0.15) is 5.52 Å². The van der Waals surface area contributed by atoms with Crippen molar-refractivity contribution >= 4 is 27.6 Å². The Labute approximate surface area is 179 Å². The predicted molar refractivity (Wildman–Crippen MR) is 121 cm³/mol. The van der Waals surface area contributed by atoms with Crippen LogP contribution in [0.4, 0.5) is 5.82 Å². The molecule has 0 saturated carbocycles. The fraction of sp³-hybridized carbons (Fsp3) is 0.250. The van der Waals surface area contributed by atoms with Crippen molar-refractivity contribution in [3.63, 3.8) is 0 Å². The van der Waals surface area contributed by atoms with Crippen LogP contribution in [0.5, 0.6) is 0 Å². The normalized spacial score (nSPS) is 11.5. The maximum Gasteiger partial charge on any atom is 0.168 e. The summed E-state index contributed by atoms with van der Waals surface area (Å²) in [6.45, 7) is 3.00. The minimum absolute atomic E-state index is 0.486. The van der Waals surface area contributed by atoms with Crippen LogP contribution in [0.1, 0.15) is 31.0 Å². The first kappa shape index (κ1) is 19.2. The molecule has 5 rings (SSSR count). The third kappa shape index (κ3) is 3.74. The molecule has 2 N–H and O–H groups in total. The van der Waals surface area contributed by atoms with Crippen LogP contribution in [-0.2, 0) is 19.4 Å². The van der Waals surface area contributed by atoms with E-state index in [1.54, 1.807) is 12.4 Å². The lowest BCUT2D eigenvalue weighted by atomic mass is 9.99. The molecule has 7 nitrogen and oxygen atoms in total. The van der Waals surface area contributed by atoms with E-state index in [1.165, 1.54) is 5.56 Å². The summed E-state index contributed by atoms with van der Waals surface area (Å²) in [5.74, 6) is 1.23. The van der Waals surface area contributed by atoms with E-state index >= 15 is 0 Å². The van der Waals surface area contributed by atoms with Gasteiger partial charge in [-0.05, 0) is 49.4 Å². The molecule has 1 aromatic carbocycles. The Bertz CT molecular complexity index is 1340. The Morgan fingerprint density at radius 3 is 2.90 bits per heavy atom. The molecule has 4 heterocycles. The van der Waals surface area contributed by atoms with Gasteiger partial charge in [-0.15, -0.1) is 0 Å². The van der Waals surface area contributed by atoms with Gasteiger partial charge in [0.15, 0.2) is 11.6 Å². The van der Waals surface area contributed by atoms with E-state index in [0.29, 0.717) is 5.82 Å². The summed E-state index contributed by atoms with van der Waals surface area (Å²) >= 11 is 0. The summed E-state index contributed by atoms with van der Waals surface area (Å²) in [5, 5.41) is 11.1. The Kier molecular flexibility index (Phi) is 5.08. The fourth-order valence-electron chi connectivity index (χ4n) is 4.05. The van der Waals surface area contributed by atoms with Crippen LogP contribution < -0.4 is 5.73 Å². The molecule has 0 radical (unpaired) electrons. The van der Waals surface area contributed by atoms with E-state index in [1.807, 2.05) is 35.0 Å². The van der Waals surface area contributed by atoms with Crippen molar-refractivity contribution in [2.75, 3.05) is 5.73 Å². The van der Waals surface area contributed by atoms with Gasteiger partial charge in [-0.25, -0.2) is 4.98 Å². The van der Waals surface area contributed by atoms with Gasteiger partial charge >= 0.3 is 0 Å². The molecule has 0 saturated heterocycles. The summed E-state index contributed by atoms with van der Waals surface area (Å²) < 4.78 is 7.46. The van der Waals surface area contributed by atoms with E-state index in [-0.39, 0.29) is 0 Å². The van der Waals surface area contributed by atoms with Crippen molar-refractivity contribution < 1.29 is 4.52 Å². The molecule has 0 bridgehead atoms. The molecule has 156 valence electrons. The minimum atomic E-state index is 0.486. The molecule has 7 heteroatoms. The smallest absolute Gasteiger partial charge is 0.168 e. The maximum atomic E-state index is 6.20. The number of fused-ring (bicyclic) bond motifs is 3. The summed E-state index contributed by atoms with van der Waals surface area (Å²) in [7, 11) is 0. The van der Waals surface area contributed by atoms with Gasteiger partial charge < -0.3 is 10.3 Å². The van der Waals surface area contributed by atoms with Crippen molar-refractivity contribution in [1.29, 1.82) is 0 Å². The summed E-state index contributed by atoms with van der Waals surface area (Å²) in [6.07, 6.45) is 9.34. The lowest BCUT2D eigenvalue weighted by molar-refractivity contribution is 0.422. The molecular formula is C24H24N6O. The van der Waals surface area contributed by atoms with Gasteiger partial charge in [-0.2, -0.15) is 5.10 Å². The number of aromatic nitrogens is 5. The van der Waals surface area contributed by atoms with Crippen molar-refractivity contribution in [2.45, 2.75) is 39.2 Å². The van der Waals surface area contributed by atoms with E-state index in [2.05, 4.69) is 39.4 Å². The first-order valence-electron chi connectivity index (χ1n) is 10.6. The molecule has 0 spiro atoms. The quantitative estimate of drug-likeness (QED) is 0.412. The molecule has 0 atom stereocenters. The predicted octanol–water partition coefficient (Wildman–Crippen LogP) is 4.80. The van der Waals surface area contributed by atoms with E-state index < -0.39 is 0 Å². The van der Waals surface area contributed by atoms with Crippen LogP contribution in [-0.4, -0.2) is 24.9 Å². The second kappa shape index (κ2) is 8.18. The molecule has 0 aliphatic heterocycles. The molecule has 0 amide bonds. The third-order valence-corrected chi connectivity index (χ3v) is 5.48. The van der Waals surface area contributed by atoms with Crippen LogP contribution in [0.2, 0.25) is 0 Å². The molecule has 5 aromatic rings. The van der Waals surface area contributed by atoms with Gasteiger partial charge in [-0.1, -0.05) is 24.2 Å². The highest BCUT2D eigenvalue weighted by molar-refractivity contribution is 6.09. The number of hydrogen-bond donors (Lipinski definition) is 1. The highest BCUT2D eigenvalue weighted by atomic mass is 16.5. The third-order valence-electron chi connectivity index (χ3n) is 5.48. The zero-order valence-corrected chi connectivity index (χ0v) is 17.5. The van der Waals surface area contributed by atoms with Gasteiger partial charge in [0.2, 0.25) is 0 Å². The van der Waals surface area contributed by atoms with E-state index in [0.717, 1.165) is 71.1 Å². The lowest BCUT2D eigenvalue weighted by Gasteiger charge is -2.08. The molecular weight excluding hydrogens is 388 g/mol. The molecule has 0 aliphatic rings. The largest absolute Gasteiger partial charge is 0.382 e. The fourth-order valence-corrected chi connectivity index (χ4v) is 4.05. The summed E-state index contributed by atoms with van der Waals surface area (Å²) in [4.78, 5) is 8.75. The van der Waals surface area contributed by atoms with E-state index in [9.17, 15) is 0 Å². The van der Waals surface area contributed by atoms with Crippen molar-refractivity contribution in [1.82, 2.24) is 24.9 Å². The van der Waals surface area contributed by atoms with Crippen LogP contribution in [0.15, 0.2) is 59.5 Å². The number of nitrogens with zero attached hydrogens (tertiary/aromatic N) is 5. The van der Waals surface area contributed by atoms with Crippen molar-refractivity contribution in [3.05, 3.63) is 66.2 Å². The number of benzene rings is 1. The Morgan fingerprint density at radius 1 is 1.13 bits per heavy atom. The zero-order valence-electron chi connectivity index (χ0n) is 17.5. The monoisotopic (exact) mass is 412 g/mol. The summed E-state index contributed by atoms with van der Waals surface area (Å²) in [5.41, 5.74) is 11.0. The van der Waals surface area contributed by atoms with Gasteiger partial charge in [0.05, 0.1) is 11.2 Å². The van der Waals surface area contributed by atoms with Gasteiger partial charge in [0.25, 0.3) is 0 Å². The number of hydrogen-bond acceptors (Lipinski definition) is 6. The first-order valence-corrected chi connectivity index (χ1v) is 10.6. The second-order valence-electron chi connectivity index (χ2n) is 7.74. The minimum Gasteiger partial charge on any atom is -0.382 e. The van der Waals surface area contributed by atoms with Crippen LogP contribution in [0.25, 0.3) is 33.1 Å². The summed E-state index contributed by atoms with van der Waals surface area (Å²) in [6, 6.07) is 12.1. The maximum absolute atomic E-state index is 6.20. The number of nitrogens with two attached hydrogens (primary N) is 1. The zero-order chi connectivity index (χ0) is 21.2. The number of nitrogen functional groups attached to an aromatic ring is 1. The average molecular weight is 412 g/mol. The number of anilines is 1. The SMILES string of the molecule is CCCn1cc2c(n1)c(N)nc1cccc(CCCc3cc(-c4cccnc4)on3)c12. The number of pyridine rings is 2. The van der Waals surface area contributed by atoms with Crippen LogP contribution in [0.3, 0.4) is 0 Å². The molecule has 0 fully saturated rings. The van der Waals surface area contributed by atoms with Crippen molar-refractivity contribution in [2.24, 2.45) is 0 Å². The molecule has 0 aliphatic carbocycles. The highest BCUT2D eigenvalue weighted by Crippen LogP contribution is 2.30. The van der Waals surface area contributed by atoms with Crippen LogP contribution in [0, 0.1) is 0 Å². The Hall–Kier alpha value is -3.74. The molecule has 31 heavy (non-hydrogen) atoms. The Balaban J connectivity index is 1.39. The lowest BCUT2D eigenvalue weighted by Crippen LogP contribution is -1.98. The van der Waals surface area contributed by atoms with Crippen molar-refractivity contribution in [3.8, 4) is 11.3 Å². The van der Waals surface area contributed by atoms with Crippen LogP contribution >= 0.6 is 0 Å². The number of rotatable bonds is 7. The standard InChI is InChI=1S/C24H24N6O/c1-2-12-30-15-19-22-16(7-4-10-20(22)27-24(25)23(19)28-30)6-3-9-18-13-21(31-29-18)17-8-5-11-26-14-17/h4-5,7-8,10-11,13-15H,2-3,6,9,12H2,1H3,(H2,25,27). The average Bonchev–Trinajstić information content (AvgIpc) is 3.42. The topological polar surface area (TPSA) is 95.7 Å². The van der Waals surface area contributed by atoms with Gasteiger partial charge in [-0.3, -0.25) is 9.67 Å². The van der Waals surface area contributed by atoms with E-state index in [4.69, 9.17) is 10.3 Å². The highest BCUT2D eigenvalue weighted by Gasteiger charge is 2.14.